The van der Waals surface area contributed by atoms with E-state index >= 15 is 0 Å². The van der Waals surface area contributed by atoms with Gasteiger partial charge in [-0.25, -0.2) is 32.1 Å². The van der Waals surface area contributed by atoms with Gasteiger partial charge in [0, 0.05) is 35.9 Å². The second-order valence-corrected chi connectivity index (χ2v) is 9.51. The molecule has 0 unspecified atom stereocenters. The van der Waals surface area contributed by atoms with Gasteiger partial charge < -0.3 is 9.47 Å². The predicted molar refractivity (Wildman–Crippen MR) is 114 cm³/mol. The number of pyridine rings is 1. The molecule has 3 aromatic rings. The van der Waals surface area contributed by atoms with Crippen LogP contribution in [0.15, 0.2) is 30.7 Å². The second kappa shape index (κ2) is 8.35. The Labute approximate surface area is 180 Å². The van der Waals surface area contributed by atoms with Gasteiger partial charge in [0.15, 0.2) is 5.82 Å². The molecule has 3 heterocycles. The molecular weight excluding hydrogens is 423 g/mol. The highest BCUT2D eigenvalue weighted by Crippen LogP contribution is 2.34. The number of hydrogen-bond donors (Lipinski definition) is 0. The lowest BCUT2D eigenvalue weighted by Gasteiger charge is -2.30. The van der Waals surface area contributed by atoms with Crippen LogP contribution in [0, 0.1) is 12.7 Å². The van der Waals surface area contributed by atoms with Gasteiger partial charge in [-0.15, -0.1) is 0 Å². The molecule has 4 rings (SSSR count). The average Bonchev–Trinajstić information content (AvgIpc) is 2.74. The van der Waals surface area contributed by atoms with Crippen LogP contribution >= 0.6 is 0 Å². The summed E-state index contributed by atoms with van der Waals surface area (Å²) in [4.78, 5) is 12.7. The number of rotatable bonds is 5. The zero-order chi connectivity index (χ0) is 22.2. The molecule has 164 valence electrons. The SMILES string of the molecule is COc1ncc(-c2cc(OC3CCN(S(C)(=O)=O)CC3)c3ncnc(C)c3c2)cc1F. The van der Waals surface area contributed by atoms with Gasteiger partial charge in [-0.2, -0.15) is 0 Å². The van der Waals surface area contributed by atoms with Crippen LogP contribution in [0.25, 0.3) is 22.0 Å². The van der Waals surface area contributed by atoms with Crippen LogP contribution in [0.1, 0.15) is 18.5 Å². The van der Waals surface area contributed by atoms with Crippen molar-refractivity contribution < 1.29 is 22.3 Å². The minimum atomic E-state index is -3.21. The Hall–Kier alpha value is -2.85. The van der Waals surface area contributed by atoms with Crippen molar-refractivity contribution in [3.05, 3.63) is 42.2 Å². The van der Waals surface area contributed by atoms with E-state index in [1.165, 1.54) is 36.3 Å². The molecule has 0 aliphatic carbocycles. The van der Waals surface area contributed by atoms with Gasteiger partial charge >= 0.3 is 0 Å². The van der Waals surface area contributed by atoms with Gasteiger partial charge in [0.2, 0.25) is 15.9 Å². The summed E-state index contributed by atoms with van der Waals surface area (Å²) in [6, 6.07) is 5.05. The molecule has 31 heavy (non-hydrogen) atoms. The van der Waals surface area contributed by atoms with E-state index < -0.39 is 15.8 Å². The first-order chi connectivity index (χ1) is 14.8. The molecule has 0 spiro atoms. The Morgan fingerprint density at radius 3 is 2.48 bits per heavy atom. The molecule has 2 aromatic heterocycles. The number of sulfonamides is 1. The number of fused-ring (bicyclic) bond motifs is 1. The number of hydrogen-bond acceptors (Lipinski definition) is 7. The number of halogens is 1. The summed E-state index contributed by atoms with van der Waals surface area (Å²) in [5.74, 6) is -0.0815. The summed E-state index contributed by atoms with van der Waals surface area (Å²) < 4.78 is 50.4. The van der Waals surface area contributed by atoms with Gasteiger partial charge in [0.1, 0.15) is 23.7 Å². The van der Waals surface area contributed by atoms with Crippen molar-refractivity contribution in [1.82, 2.24) is 19.3 Å². The van der Waals surface area contributed by atoms with Crippen molar-refractivity contribution >= 4 is 20.9 Å². The number of benzene rings is 1. The van der Waals surface area contributed by atoms with E-state index in [0.29, 0.717) is 48.3 Å². The maximum Gasteiger partial charge on any atom is 0.250 e. The van der Waals surface area contributed by atoms with E-state index in [2.05, 4.69) is 15.0 Å². The number of nitrogens with zero attached hydrogens (tertiary/aromatic N) is 4. The molecule has 10 heteroatoms. The Morgan fingerprint density at radius 1 is 1.10 bits per heavy atom. The first-order valence-electron chi connectivity index (χ1n) is 9.83. The molecule has 1 fully saturated rings. The zero-order valence-corrected chi connectivity index (χ0v) is 18.3. The lowest BCUT2D eigenvalue weighted by atomic mass is 10.0. The quantitative estimate of drug-likeness (QED) is 0.595. The largest absolute Gasteiger partial charge is 0.488 e. The highest BCUT2D eigenvalue weighted by molar-refractivity contribution is 7.88. The first kappa shape index (κ1) is 21.4. The molecule has 0 radical (unpaired) electrons. The third-order valence-corrected chi connectivity index (χ3v) is 6.70. The van der Waals surface area contributed by atoms with E-state index in [-0.39, 0.29) is 12.0 Å². The third-order valence-electron chi connectivity index (χ3n) is 5.40. The second-order valence-electron chi connectivity index (χ2n) is 7.52. The van der Waals surface area contributed by atoms with Gasteiger partial charge in [-0.05, 0) is 43.5 Å². The standard InChI is InChI=1S/C21H23FN4O4S/c1-13-17-8-14(15-9-18(22)21(29-2)23-11-15)10-19(20(17)25-12-24-13)30-16-4-6-26(7-5-16)31(3,27)28/h8-12,16H,4-7H2,1-3H3. The van der Waals surface area contributed by atoms with Gasteiger partial charge in [0.25, 0.3) is 0 Å². The summed E-state index contributed by atoms with van der Waals surface area (Å²) in [5, 5.41) is 0.791. The fraction of sp³-hybridized carbons (Fsp3) is 0.381. The third kappa shape index (κ3) is 4.45. The number of aromatic nitrogens is 3. The molecule has 1 aliphatic rings. The van der Waals surface area contributed by atoms with E-state index in [1.807, 2.05) is 13.0 Å². The smallest absolute Gasteiger partial charge is 0.250 e. The first-order valence-corrected chi connectivity index (χ1v) is 11.7. The fourth-order valence-corrected chi connectivity index (χ4v) is 4.58. The molecule has 0 atom stereocenters. The Bertz CT molecular complexity index is 1230. The molecule has 1 aliphatic heterocycles. The molecule has 0 amide bonds. The van der Waals surface area contributed by atoms with Crippen molar-refractivity contribution in [1.29, 1.82) is 0 Å². The van der Waals surface area contributed by atoms with Gasteiger partial charge in [0.05, 0.1) is 13.4 Å². The number of aryl methyl sites for hydroxylation is 1. The highest BCUT2D eigenvalue weighted by atomic mass is 32.2. The van der Waals surface area contributed by atoms with Crippen molar-refractivity contribution in [2.24, 2.45) is 0 Å². The Kier molecular flexibility index (Phi) is 5.76. The van der Waals surface area contributed by atoms with Gasteiger partial charge in [-0.1, -0.05) is 0 Å². The summed E-state index contributed by atoms with van der Waals surface area (Å²) >= 11 is 0. The molecular formula is C21H23FN4O4S. The topological polar surface area (TPSA) is 94.5 Å². The van der Waals surface area contributed by atoms with Crippen LogP contribution in [0.3, 0.4) is 0 Å². The molecule has 0 bridgehead atoms. The molecule has 0 saturated carbocycles. The molecule has 0 N–H and O–H groups in total. The van der Waals surface area contributed by atoms with Crippen LogP contribution in [-0.2, 0) is 10.0 Å². The lowest BCUT2D eigenvalue weighted by Crippen LogP contribution is -2.41. The number of methoxy groups -OCH3 is 1. The Balaban J connectivity index is 1.70. The lowest BCUT2D eigenvalue weighted by molar-refractivity contribution is 0.137. The maximum absolute atomic E-state index is 14.2. The average molecular weight is 447 g/mol. The monoisotopic (exact) mass is 446 g/mol. The molecule has 1 saturated heterocycles. The minimum Gasteiger partial charge on any atom is -0.488 e. The normalized spacial score (nSPS) is 15.9. The minimum absolute atomic E-state index is 0.0711. The summed E-state index contributed by atoms with van der Waals surface area (Å²) in [7, 11) is -1.85. The predicted octanol–water partition coefficient (Wildman–Crippen LogP) is 2.95. The van der Waals surface area contributed by atoms with E-state index in [0.717, 1.165) is 11.1 Å². The van der Waals surface area contributed by atoms with Crippen molar-refractivity contribution in [3.8, 4) is 22.8 Å². The van der Waals surface area contributed by atoms with E-state index in [4.69, 9.17) is 9.47 Å². The van der Waals surface area contributed by atoms with Crippen molar-refractivity contribution in [2.75, 3.05) is 26.5 Å². The van der Waals surface area contributed by atoms with Crippen LogP contribution in [0.2, 0.25) is 0 Å². The maximum atomic E-state index is 14.2. The van der Waals surface area contributed by atoms with Gasteiger partial charge in [-0.3, -0.25) is 0 Å². The van der Waals surface area contributed by atoms with Crippen LogP contribution in [0.4, 0.5) is 4.39 Å². The fourth-order valence-electron chi connectivity index (χ4n) is 3.71. The summed E-state index contributed by atoms with van der Waals surface area (Å²) in [6.07, 6.45) is 5.22. The van der Waals surface area contributed by atoms with Crippen LogP contribution in [0.5, 0.6) is 11.6 Å². The summed E-state index contributed by atoms with van der Waals surface area (Å²) in [6.45, 7) is 2.68. The molecule has 1 aromatic carbocycles. The highest BCUT2D eigenvalue weighted by Gasteiger charge is 2.26. The number of ether oxygens (including phenoxy) is 2. The molecule has 8 nitrogen and oxygen atoms in total. The van der Waals surface area contributed by atoms with E-state index in [1.54, 1.807) is 6.07 Å². The van der Waals surface area contributed by atoms with E-state index in [9.17, 15) is 12.8 Å². The van der Waals surface area contributed by atoms with Crippen molar-refractivity contribution in [3.63, 3.8) is 0 Å². The van der Waals surface area contributed by atoms with Crippen LogP contribution < -0.4 is 9.47 Å². The van der Waals surface area contributed by atoms with Crippen LogP contribution in [-0.4, -0.2) is 60.2 Å². The Morgan fingerprint density at radius 2 is 1.84 bits per heavy atom. The summed E-state index contributed by atoms with van der Waals surface area (Å²) in [5.41, 5.74) is 2.71. The zero-order valence-electron chi connectivity index (χ0n) is 17.5. The number of piperidine rings is 1. The van der Waals surface area contributed by atoms with Crippen molar-refractivity contribution in [2.45, 2.75) is 25.9 Å².